The maximum Gasteiger partial charge on any atom is 0.249 e. The minimum Gasteiger partial charge on any atom is -0.375 e. The average Bonchev–Trinajstić information content (AvgIpc) is 3.19. The number of methoxy groups -OCH3 is 1. The maximum atomic E-state index is 13.0. The van der Waals surface area contributed by atoms with E-state index >= 15 is 0 Å². The van der Waals surface area contributed by atoms with E-state index in [0.717, 1.165) is 37.1 Å². The van der Waals surface area contributed by atoms with Crippen LogP contribution in [-0.2, 0) is 26.3 Å². The lowest BCUT2D eigenvalue weighted by Gasteiger charge is -2.50. The molecule has 1 fully saturated rings. The summed E-state index contributed by atoms with van der Waals surface area (Å²) < 4.78 is 5.11. The lowest BCUT2D eigenvalue weighted by molar-refractivity contribution is -0.148. The summed E-state index contributed by atoms with van der Waals surface area (Å²) in [5, 5.41) is 3.17. The normalized spacial score (nSPS) is 19.5. The number of likely N-dealkylation sites (N-methyl/N-ethyl adjacent to an activating group) is 1. The van der Waals surface area contributed by atoms with E-state index in [-0.39, 0.29) is 24.5 Å². The first kappa shape index (κ1) is 20.8. The summed E-state index contributed by atoms with van der Waals surface area (Å²) in [7, 11) is 3.40. The van der Waals surface area contributed by atoms with E-state index in [2.05, 4.69) is 22.2 Å². The standard InChI is InChI=1S/C20H33N5O3/c1-4-5-6-16(21-2)19(27)24-11-8-20(9-12-24)18-15(22-14-23-18)7-10-25(20)17(26)13-28-3/h14,16,21H,4-13H2,1-3H3,(H,22,23)/t16-/m0/s1. The number of nitrogens with zero attached hydrogens (tertiary/aromatic N) is 3. The lowest BCUT2D eigenvalue weighted by Crippen LogP contribution is -2.60. The van der Waals surface area contributed by atoms with Gasteiger partial charge in [-0.3, -0.25) is 9.59 Å². The molecule has 28 heavy (non-hydrogen) atoms. The number of nitrogens with one attached hydrogen (secondary N) is 2. The summed E-state index contributed by atoms with van der Waals surface area (Å²) in [6.45, 7) is 4.13. The number of H-pyrrole nitrogens is 1. The number of likely N-dealkylation sites (tertiary alicyclic amines) is 1. The Morgan fingerprint density at radius 2 is 2.11 bits per heavy atom. The van der Waals surface area contributed by atoms with E-state index < -0.39 is 5.54 Å². The van der Waals surface area contributed by atoms with Crippen LogP contribution < -0.4 is 5.32 Å². The number of piperidine rings is 1. The summed E-state index contributed by atoms with van der Waals surface area (Å²) in [5.41, 5.74) is 1.63. The first-order chi connectivity index (χ1) is 13.6. The van der Waals surface area contributed by atoms with Crippen LogP contribution in [0.15, 0.2) is 6.33 Å². The second kappa shape index (κ2) is 9.05. The largest absolute Gasteiger partial charge is 0.375 e. The zero-order valence-corrected chi connectivity index (χ0v) is 17.3. The number of rotatable bonds is 7. The Morgan fingerprint density at radius 1 is 1.36 bits per heavy atom. The number of amides is 2. The molecule has 0 unspecified atom stereocenters. The second-order valence-electron chi connectivity index (χ2n) is 7.80. The molecule has 2 amide bonds. The zero-order valence-electron chi connectivity index (χ0n) is 17.3. The van der Waals surface area contributed by atoms with Gasteiger partial charge in [0.25, 0.3) is 0 Å². The molecule has 8 nitrogen and oxygen atoms in total. The lowest BCUT2D eigenvalue weighted by atomic mass is 9.78. The molecule has 1 aromatic heterocycles. The van der Waals surface area contributed by atoms with Crippen molar-refractivity contribution in [2.75, 3.05) is 40.4 Å². The number of hydrogen-bond acceptors (Lipinski definition) is 5. The van der Waals surface area contributed by atoms with Crippen LogP contribution in [0.5, 0.6) is 0 Å². The van der Waals surface area contributed by atoms with Gasteiger partial charge in [-0.25, -0.2) is 4.98 Å². The van der Waals surface area contributed by atoms with Gasteiger partial charge in [-0.15, -0.1) is 0 Å². The van der Waals surface area contributed by atoms with Crippen molar-refractivity contribution in [3.8, 4) is 0 Å². The van der Waals surface area contributed by atoms with Gasteiger partial charge in [0.05, 0.1) is 23.6 Å². The minimum absolute atomic E-state index is 0.00743. The average molecular weight is 392 g/mol. The molecule has 1 saturated heterocycles. The van der Waals surface area contributed by atoms with Crippen molar-refractivity contribution >= 4 is 11.8 Å². The Kier molecular flexibility index (Phi) is 6.72. The van der Waals surface area contributed by atoms with Crippen molar-refractivity contribution in [1.29, 1.82) is 0 Å². The number of fused-ring (bicyclic) bond motifs is 2. The molecular formula is C20H33N5O3. The minimum atomic E-state index is -0.446. The van der Waals surface area contributed by atoms with Crippen LogP contribution in [0, 0.1) is 0 Å². The van der Waals surface area contributed by atoms with E-state index in [0.29, 0.717) is 32.5 Å². The third-order valence-corrected chi connectivity index (χ3v) is 6.23. The van der Waals surface area contributed by atoms with Gasteiger partial charge in [-0.2, -0.15) is 0 Å². The molecule has 0 saturated carbocycles. The van der Waals surface area contributed by atoms with E-state index in [4.69, 9.17) is 4.74 Å². The molecule has 156 valence electrons. The van der Waals surface area contributed by atoms with Crippen LogP contribution in [0.4, 0.5) is 0 Å². The molecular weight excluding hydrogens is 358 g/mol. The molecule has 2 N–H and O–H groups in total. The summed E-state index contributed by atoms with van der Waals surface area (Å²) in [5.74, 6) is 0.158. The van der Waals surface area contributed by atoms with Crippen LogP contribution >= 0.6 is 0 Å². The Bertz CT molecular complexity index is 681. The van der Waals surface area contributed by atoms with Crippen molar-refractivity contribution in [2.24, 2.45) is 0 Å². The predicted molar refractivity (Wildman–Crippen MR) is 106 cm³/mol. The van der Waals surface area contributed by atoms with Crippen LogP contribution in [0.2, 0.25) is 0 Å². The molecule has 1 spiro atoms. The molecule has 3 heterocycles. The molecule has 8 heteroatoms. The van der Waals surface area contributed by atoms with Gasteiger partial charge < -0.3 is 24.8 Å². The fourth-order valence-electron chi connectivity index (χ4n) is 4.67. The predicted octanol–water partition coefficient (Wildman–Crippen LogP) is 1.04. The highest BCUT2D eigenvalue weighted by Crippen LogP contribution is 2.42. The van der Waals surface area contributed by atoms with Gasteiger partial charge in [0, 0.05) is 38.9 Å². The molecule has 1 aromatic rings. The summed E-state index contributed by atoms with van der Waals surface area (Å²) in [4.78, 5) is 37.4. The van der Waals surface area contributed by atoms with Gasteiger partial charge >= 0.3 is 0 Å². The van der Waals surface area contributed by atoms with Crippen LogP contribution in [0.1, 0.15) is 50.4 Å². The summed E-state index contributed by atoms with van der Waals surface area (Å²) >= 11 is 0. The maximum absolute atomic E-state index is 13.0. The number of unbranched alkanes of at least 4 members (excludes halogenated alkanes) is 1. The second-order valence-corrected chi connectivity index (χ2v) is 7.80. The Labute approximate surface area is 167 Å². The first-order valence-corrected chi connectivity index (χ1v) is 10.4. The van der Waals surface area contributed by atoms with E-state index in [9.17, 15) is 9.59 Å². The molecule has 2 aliphatic rings. The Hall–Kier alpha value is -1.93. The van der Waals surface area contributed by atoms with Crippen molar-refractivity contribution in [3.63, 3.8) is 0 Å². The quantitative estimate of drug-likeness (QED) is 0.725. The van der Waals surface area contributed by atoms with Crippen molar-refractivity contribution in [2.45, 2.75) is 57.0 Å². The molecule has 2 aliphatic heterocycles. The number of aromatic nitrogens is 2. The number of ether oxygens (including phenoxy) is 1. The van der Waals surface area contributed by atoms with Gasteiger partial charge in [0.15, 0.2) is 0 Å². The number of aromatic amines is 1. The fraction of sp³-hybridized carbons (Fsp3) is 0.750. The van der Waals surface area contributed by atoms with Crippen molar-refractivity contribution < 1.29 is 14.3 Å². The number of carbonyl (C=O) groups is 2. The molecule has 0 bridgehead atoms. The number of carbonyl (C=O) groups excluding carboxylic acids is 2. The summed E-state index contributed by atoms with van der Waals surface area (Å²) in [6, 6.07) is -0.132. The first-order valence-electron chi connectivity index (χ1n) is 10.4. The number of imidazole rings is 1. The smallest absolute Gasteiger partial charge is 0.249 e. The SMILES string of the molecule is CCCC[C@H](NC)C(=O)N1CCC2(CC1)c1nc[nH]c1CCN2C(=O)COC. The van der Waals surface area contributed by atoms with Crippen LogP contribution in [0.3, 0.4) is 0 Å². The zero-order chi connectivity index (χ0) is 20.1. The topological polar surface area (TPSA) is 90.6 Å². The highest BCUT2D eigenvalue weighted by atomic mass is 16.5. The third-order valence-electron chi connectivity index (χ3n) is 6.23. The van der Waals surface area contributed by atoms with Crippen molar-refractivity contribution in [3.05, 3.63) is 17.7 Å². The van der Waals surface area contributed by atoms with Gasteiger partial charge in [-0.05, 0) is 26.3 Å². The van der Waals surface area contributed by atoms with Gasteiger partial charge in [0.1, 0.15) is 6.61 Å². The Balaban J connectivity index is 1.77. The highest BCUT2D eigenvalue weighted by Gasteiger charge is 2.49. The van der Waals surface area contributed by atoms with Crippen molar-refractivity contribution in [1.82, 2.24) is 25.1 Å². The molecule has 3 rings (SSSR count). The molecule has 0 radical (unpaired) electrons. The highest BCUT2D eigenvalue weighted by molar-refractivity contribution is 5.82. The van der Waals surface area contributed by atoms with E-state index in [1.54, 1.807) is 13.4 Å². The molecule has 0 aromatic carbocycles. The van der Waals surface area contributed by atoms with Gasteiger partial charge in [0.2, 0.25) is 11.8 Å². The monoisotopic (exact) mass is 391 g/mol. The molecule has 1 atom stereocenters. The number of hydrogen-bond donors (Lipinski definition) is 2. The van der Waals surface area contributed by atoms with Crippen LogP contribution in [0.25, 0.3) is 0 Å². The fourth-order valence-corrected chi connectivity index (χ4v) is 4.67. The Morgan fingerprint density at radius 3 is 2.75 bits per heavy atom. The summed E-state index contributed by atoms with van der Waals surface area (Å²) in [6.07, 6.45) is 6.87. The third kappa shape index (κ3) is 3.80. The molecule has 0 aliphatic carbocycles. The van der Waals surface area contributed by atoms with Gasteiger partial charge in [-0.1, -0.05) is 19.8 Å². The van der Waals surface area contributed by atoms with E-state index in [1.807, 2.05) is 16.8 Å². The van der Waals surface area contributed by atoms with Crippen LogP contribution in [-0.4, -0.2) is 78.0 Å². The van der Waals surface area contributed by atoms with E-state index in [1.165, 1.54) is 0 Å².